The van der Waals surface area contributed by atoms with Crippen molar-refractivity contribution in [1.82, 2.24) is 4.31 Å². The van der Waals surface area contributed by atoms with Crippen LogP contribution in [0.1, 0.15) is 18.4 Å². The van der Waals surface area contributed by atoms with Crippen molar-refractivity contribution >= 4 is 33.6 Å². The van der Waals surface area contributed by atoms with Crippen LogP contribution in [0.2, 0.25) is 0 Å². The first-order chi connectivity index (χ1) is 15.1. The number of hydrogen-bond donors (Lipinski definition) is 0. The fraction of sp³-hybridized carbons (Fsp3) is 0.391. The number of alkyl halides is 1. The van der Waals surface area contributed by atoms with E-state index in [0.717, 1.165) is 5.56 Å². The number of esters is 2. The first kappa shape index (κ1) is 22.8. The van der Waals surface area contributed by atoms with Gasteiger partial charge >= 0.3 is 11.9 Å². The molecule has 4 bridgehead atoms. The van der Waals surface area contributed by atoms with E-state index in [1.807, 2.05) is 19.1 Å². The molecule has 5 rings (SSSR count). The van der Waals surface area contributed by atoms with Crippen LogP contribution in [-0.4, -0.2) is 56.8 Å². The fourth-order valence-corrected chi connectivity index (χ4v) is 6.61. The molecule has 4 aliphatic rings. The summed E-state index contributed by atoms with van der Waals surface area (Å²) >= 11 is 7.10. The van der Waals surface area contributed by atoms with Crippen LogP contribution >= 0.6 is 11.6 Å². The smallest absolute Gasteiger partial charge is 0.336 e. The summed E-state index contributed by atoms with van der Waals surface area (Å²) in [5.74, 6) is -1.79. The second-order valence-electron chi connectivity index (χ2n) is 8.06. The lowest BCUT2D eigenvalue weighted by molar-refractivity contribution is -0.140. The molecule has 0 N–H and O–H groups in total. The lowest BCUT2D eigenvalue weighted by Gasteiger charge is -2.45. The summed E-state index contributed by atoms with van der Waals surface area (Å²) in [6.07, 6.45) is 4.29. The van der Waals surface area contributed by atoms with Crippen LogP contribution in [-0.2, 0) is 29.1 Å². The average molecular weight is 478 g/mol. The third kappa shape index (κ3) is 3.41. The van der Waals surface area contributed by atoms with Gasteiger partial charge in [-0.3, -0.25) is 0 Å². The van der Waals surface area contributed by atoms with E-state index in [0.29, 0.717) is 24.0 Å². The SMILES string of the molecule is COC(=O)C1=C(C(=O)OC)C2(Cl)C3=CC1C=C2CCN(S(=O)(=O)c1ccc(C)cc1)CC3. The molecule has 0 unspecified atom stereocenters. The maximum Gasteiger partial charge on any atom is 0.336 e. The quantitative estimate of drug-likeness (QED) is 0.376. The second-order valence-corrected chi connectivity index (χ2v) is 10.6. The highest BCUT2D eigenvalue weighted by Gasteiger charge is 2.54. The fourth-order valence-electron chi connectivity index (χ4n) is 4.67. The van der Waals surface area contributed by atoms with Crippen LogP contribution in [0.3, 0.4) is 0 Å². The Balaban J connectivity index is 1.71. The number of benzene rings is 1. The van der Waals surface area contributed by atoms with E-state index >= 15 is 0 Å². The first-order valence-electron chi connectivity index (χ1n) is 10.2. The predicted octanol–water partition coefficient (Wildman–Crippen LogP) is 2.90. The third-order valence-corrected chi connectivity index (χ3v) is 8.90. The number of aryl methyl sites for hydroxylation is 1. The molecule has 7 nitrogen and oxygen atoms in total. The summed E-state index contributed by atoms with van der Waals surface area (Å²) in [7, 11) is -1.20. The van der Waals surface area contributed by atoms with Gasteiger partial charge in [0.25, 0.3) is 0 Å². The minimum atomic E-state index is -3.69. The van der Waals surface area contributed by atoms with E-state index in [-0.39, 0.29) is 29.1 Å². The zero-order valence-electron chi connectivity index (χ0n) is 18.1. The molecule has 0 saturated carbocycles. The molecular weight excluding hydrogens is 454 g/mol. The largest absolute Gasteiger partial charge is 0.466 e. The summed E-state index contributed by atoms with van der Waals surface area (Å²) in [5, 5.41) is 0. The van der Waals surface area contributed by atoms with Crippen LogP contribution < -0.4 is 0 Å². The molecule has 0 atom stereocenters. The van der Waals surface area contributed by atoms with Crippen molar-refractivity contribution in [3.63, 3.8) is 0 Å². The second kappa shape index (κ2) is 8.17. The van der Waals surface area contributed by atoms with Gasteiger partial charge in [0.15, 0.2) is 0 Å². The average Bonchev–Trinajstić information content (AvgIpc) is 2.77. The van der Waals surface area contributed by atoms with Crippen molar-refractivity contribution in [2.24, 2.45) is 5.92 Å². The number of allylic oxidation sites excluding steroid dienone is 2. The van der Waals surface area contributed by atoms with Crippen LogP contribution in [0.25, 0.3) is 0 Å². The monoisotopic (exact) mass is 477 g/mol. The molecule has 1 aromatic rings. The summed E-state index contributed by atoms with van der Waals surface area (Å²) < 4.78 is 37.8. The molecule has 9 heteroatoms. The van der Waals surface area contributed by atoms with E-state index < -0.39 is 32.8 Å². The highest BCUT2D eigenvalue weighted by Crippen LogP contribution is 2.54. The first-order valence-corrected chi connectivity index (χ1v) is 12.1. The van der Waals surface area contributed by atoms with Crippen molar-refractivity contribution in [3.05, 3.63) is 64.3 Å². The molecule has 1 fully saturated rings. The van der Waals surface area contributed by atoms with Crippen LogP contribution in [0.4, 0.5) is 0 Å². The van der Waals surface area contributed by atoms with Crippen molar-refractivity contribution in [3.8, 4) is 0 Å². The van der Waals surface area contributed by atoms with E-state index in [9.17, 15) is 18.0 Å². The molecule has 0 spiro atoms. The van der Waals surface area contributed by atoms with Crippen LogP contribution in [0.15, 0.2) is 63.6 Å². The molecule has 32 heavy (non-hydrogen) atoms. The van der Waals surface area contributed by atoms with Gasteiger partial charge in [-0.05, 0) is 43.0 Å². The molecule has 0 aromatic heterocycles. The van der Waals surface area contributed by atoms with Crippen LogP contribution in [0, 0.1) is 12.8 Å². The molecule has 3 aliphatic carbocycles. The molecule has 1 aliphatic heterocycles. The standard InChI is InChI=1S/C23H24ClNO6S/c1-14-4-6-18(7-5-14)32(28,29)25-10-8-16-12-15-13-17(9-11-25)23(16,24)20(22(27)31-3)19(15)21(26)30-2/h4-7,12-13,15H,8-11H2,1-3H3. The van der Waals surface area contributed by atoms with Gasteiger partial charge in [0.1, 0.15) is 4.87 Å². The molecule has 0 radical (unpaired) electrons. The van der Waals surface area contributed by atoms with E-state index in [1.165, 1.54) is 18.5 Å². The maximum absolute atomic E-state index is 13.2. The Bertz CT molecular complexity index is 1150. The predicted molar refractivity (Wildman–Crippen MR) is 118 cm³/mol. The van der Waals surface area contributed by atoms with Gasteiger partial charge < -0.3 is 9.47 Å². The van der Waals surface area contributed by atoms with Gasteiger partial charge in [0.2, 0.25) is 10.0 Å². The van der Waals surface area contributed by atoms with Crippen molar-refractivity contribution in [1.29, 1.82) is 0 Å². The summed E-state index contributed by atoms with van der Waals surface area (Å²) in [6.45, 7) is 2.31. The van der Waals surface area contributed by atoms with Gasteiger partial charge in [-0.25, -0.2) is 18.0 Å². The topological polar surface area (TPSA) is 90.0 Å². The molecule has 1 heterocycles. The summed E-state index contributed by atoms with van der Waals surface area (Å²) in [6, 6.07) is 6.75. The Morgan fingerprint density at radius 1 is 1.00 bits per heavy atom. The molecule has 170 valence electrons. The van der Waals surface area contributed by atoms with Crippen molar-refractivity contribution < 1.29 is 27.5 Å². The Labute approximate surface area is 192 Å². The third-order valence-electron chi connectivity index (χ3n) is 6.31. The van der Waals surface area contributed by atoms with E-state index in [4.69, 9.17) is 21.1 Å². The Morgan fingerprint density at radius 3 is 2.03 bits per heavy atom. The van der Waals surface area contributed by atoms with E-state index in [1.54, 1.807) is 24.3 Å². The molecular formula is C23H24ClNO6S. The Morgan fingerprint density at radius 2 is 1.53 bits per heavy atom. The number of rotatable bonds is 4. The zero-order valence-corrected chi connectivity index (χ0v) is 19.6. The number of carbonyl (C=O) groups is 2. The number of nitrogens with zero attached hydrogens (tertiary/aromatic N) is 1. The number of sulfonamides is 1. The highest BCUT2D eigenvalue weighted by molar-refractivity contribution is 7.89. The number of ether oxygens (including phenoxy) is 2. The number of hydrogen-bond acceptors (Lipinski definition) is 6. The number of methoxy groups -OCH3 is 2. The summed E-state index contributed by atoms with van der Waals surface area (Å²) in [4.78, 5) is 24.1. The number of halogens is 1. The normalized spacial score (nSPS) is 25.4. The zero-order chi connectivity index (χ0) is 23.3. The number of carbonyl (C=O) groups excluding carboxylic acids is 2. The van der Waals surface area contributed by atoms with Gasteiger partial charge in [-0.15, -0.1) is 11.6 Å². The van der Waals surface area contributed by atoms with Gasteiger partial charge in [-0.1, -0.05) is 29.8 Å². The molecule has 1 saturated heterocycles. The lowest BCUT2D eigenvalue weighted by Crippen LogP contribution is -2.47. The minimum absolute atomic E-state index is 0.0726. The van der Waals surface area contributed by atoms with Gasteiger partial charge in [0, 0.05) is 19.0 Å². The lowest BCUT2D eigenvalue weighted by atomic mass is 9.65. The molecule has 0 amide bonds. The maximum atomic E-state index is 13.2. The molecule has 1 aromatic carbocycles. The van der Waals surface area contributed by atoms with Gasteiger partial charge in [-0.2, -0.15) is 4.31 Å². The minimum Gasteiger partial charge on any atom is -0.466 e. The van der Waals surface area contributed by atoms with Crippen molar-refractivity contribution in [2.75, 3.05) is 27.3 Å². The van der Waals surface area contributed by atoms with Crippen LogP contribution in [0.5, 0.6) is 0 Å². The Kier molecular flexibility index (Phi) is 5.81. The van der Waals surface area contributed by atoms with Gasteiger partial charge in [0.05, 0.1) is 30.3 Å². The highest BCUT2D eigenvalue weighted by atomic mass is 35.5. The Hall–Kier alpha value is -2.42. The summed E-state index contributed by atoms with van der Waals surface area (Å²) in [5.41, 5.74) is 2.61. The van der Waals surface area contributed by atoms with E-state index in [2.05, 4.69) is 0 Å². The van der Waals surface area contributed by atoms with Crippen molar-refractivity contribution in [2.45, 2.75) is 29.5 Å².